The van der Waals surface area contributed by atoms with Gasteiger partial charge in [-0.05, 0) is 51.0 Å². The van der Waals surface area contributed by atoms with E-state index in [0.29, 0.717) is 18.3 Å². The predicted molar refractivity (Wildman–Crippen MR) is 92.7 cm³/mol. The van der Waals surface area contributed by atoms with Gasteiger partial charge in [0.2, 0.25) is 0 Å². The summed E-state index contributed by atoms with van der Waals surface area (Å²) in [4.78, 5) is 5.88. The summed E-state index contributed by atoms with van der Waals surface area (Å²) >= 11 is 0. The van der Waals surface area contributed by atoms with E-state index in [1.165, 1.54) is 0 Å². The van der Waals surface area contributed by atoms with Crippen LogP contribution in [0.25, 0.3) is 0 Å². The average Bonchev–Trinajstić information content (AvgIpc) is 2.53. The summed E-state index contributed by atoms with van der Waals surface area (Å²) in [5, 5.41) is 7.66. The Labute approximate surface area is 133 Å². The van der Waals surface area contributed by atoms with Crippen LogP contribution in [0.2, 0.25) is 0 Å². The molecule has 0 aliphatic rings. The molecule has 0 unspecified atom stereocenters. The number of ether oxygens (including phenoxy) is 1. The number of nitrogens with one attached hydrogen (secondary N) is 1. The van der Waals surface area contributed by atoms with Crippen LogP contribution in [0.4, 0.5) is 0 Å². The fraction of sp³-hybridized carbons (Fsp3) is 0.412. The highest BCUT2D eigenvalue weighted by Crippen LogP contribution is 2.12. The van der Waals surface area contributed by atoms with Gasteiger partial charge in [0.1, 0.15) is 11.6 Å². The van der Waals surface area contributed by atoms with Crippen LogP contribution in [0.5, 0.6) is 5.75 Å². The van der Waals surface area contributed by atoms with Crippen LogP contribution in [0.3, 0.4) is 0 Å². The maximum atomic E-state index is 7.66. The predicted octanol–water partition coefficient (Wildman–Crippen LogP) is 3.01. The highest BCUT2D eigenvalue weighted by Gasteiger charge is 2.02. The third-order valence-electron chi connectivity index (χ3n) is 3.21. The lowest BCUT2D eigenvalue weighted by Gasteiger charge is -2.18. The third kappa shape index (κ3) is 5.99. The maximum Gasteiger partial charge on any atom is 0.125 e. The molecular weight excluding hydrogens is 276 g/mol. The molecule has 22 heavy (non-hydrogen) atoms. The smallest absolute Gasteiger partial charge is 0.125 e. The Morgan fingerprint density at radius 3 is 2.55 bits per heavy atom. The van der Waals surface area contributed by atoms with E-state index in [4.69, 9.17) is 15.9 Å². The van der Waals surface area contributed by atoms with Gasteiger partial charge in [0, 0.05) is 25.4 Å². The van der Waals surface area contributed by atoms with Gasteiger partial charge in [-0.25, -0.2) is 0 Å². The zero-order valence-corrected chi connectivity index (χ0v) is 13.7. The molecule has 0 heterocycles. The van der Waals surface area contributed by atoms with Crippen LogP contribution in [0.15, 0.2) is 41.5 Å². The molecule has 120 valence electrons. The van der Waals surface area contributed by atoms with Crippen LogP contribution < -0.4 is 10.5 Å². The first kappa shape index (κ1) is 17.8. The summed E-state index contributed by atoms with van der Waals surface area (Å²) in [6.45, 7) is 5.25. The Morgan fingerprint density at radius 2 is 2.00 bits per heavy atom. The highest BCUT2D eigenvalue weighted by atomic mass is 16.5. The van der Waals surface area contributed by atoms with E-state index in [1.54, 1.807) is 14.0 Å². The Morgan fingerprint density at radius 1 is 1.32 bits per heavy atom. The summed E-state index contributed by atoms with van der Waals surface area (Å²) in [5.74, 6) is 1.92. The van der Waals surface area contributed by atoms with E-state index < -0.39 is 0 Å². The molecule has 5 heteroatoms. The molecule has 0 fully saturated rings. The van der Waals surface area contributed by atoms with Crippen LogP contribution in [0.1, 0.15) is 32.3 Å². The van der Waals surface area contributed by atoms with Crippen molar-refractivity contribution < 1.29 is 4.74 Å². The number of allylic oxidation sites excluding steroid dienone is 1. The first-order valence-corrected chi connectivity index (χ1v) is 7.48. The molecule has 0 saturated carbocycles. The van der Waals surface area contributed by atoms with Crippen molar-refractivity contribution in [3.05, 3.63) is 42.1 Å². The minimum atomic E-state index is 0.526. The number of hydrogen-bond acceptors (Lipinski definition) is 3. The first-order valence-electron chi connectivity index (χ1n) is 7.48. The van der Waals surface area contributed by atoms with Gasteiger partial charge in [0.25, 0.3) is 0 Å². The summed E-state index contributed by atoms with van der Waals surface area (Å²) in [6.07, 6.45) is 5.80. The molecule has 0 radical (unpaired) electrons. The van der Waals surface area contributed by atoms with Gasteiger partial charge in [0.15, 0.2) is 0 Å². The Bertz CT molecular complexity index is 520. The van der Waals surface area contributed by atoms with E-state index in [1.807, 2.05) is 48.4 Å². The summed E-state index contributed by atoms with van der Waals surface area (Å²) in [5.41, 5.74) is 6.64. The number of rotatable bonds is 8. The molecule has 0 bridgehead atoms. The number of amidine groups is 2. The number of unbranched alkanes of at least 4 members (excludes halogenated alkanes) is 1. The van der Waals surface area contributed by atoms with Crippen molar-refractivity contribution in [1.29, 1.82) is 5.41 Å². The Balaban J connectivity index is 2.31. The molecule has 0 aliphatic heterocycles. The Kier molecular flexibility index (Phi) is 7.75. The molecule has 1 aromatic carbocycles. The van der Waals surface area contributed by atoms with Crippen LogP contribution in [-0.2, 0) is 0 Å². The number of hydrogen-bond donors (Lipinski definition) is 2. The number of nitrogens with two attached hydrogens (primary N) is 1. The van der Waals surface area contributed by atoms with Crippen molar-refractivity contribution in [1.82, 2.24) is 4.90 Å². The fourth-order valence-electron chi connectivity index (χ4n) is 1.96. The minimum Gasteiger partial charge on any atom is -0.494 e. The van der Waals surface area contributed by atoms with Gasteiger partial charge in [-0.1, -0.05) is 6.08 Å². The van der Waals surface area contributed by atoms with Crippen LogP contribution in [-0.4, -0.2) is 36.8 Å². The summed E-state index contributed by atoms with van der Waals surface area (Å²) in [6, 6.07) is 7.62. The quantitative estimate of drug-likeness (QED) is 0.440. The van der Waals surface area contributed by atoms with E-state index >= 15 is 0 Å². The van der Waals surface area contributed by atoms with Crippen molar-refractivity contribution in [2.45, 2.75) is 26.7 Å². The maximum absolute atomic E-state index is 7.66. The topological polar surface area (TPSA) is 74.7 Å². The largest absolute Gasteiger partial charge is 0.494 e. The van der Waals surface area contributed by atoms with Crippen LogP contribution in [0, 0.1) is 5.41 Å². The molecular formula is C17H26N4O. The molecule has 0 spiro atoms. The highest BCUT2D eigenvalue weighted by molar-refractivity contribution is 5.97. The second-order valence-corrected chi connectivity index (χ2v) is 4.95. The van der Waals surface area contributed by atoms with E-state index in [2.05, 4.69) is 4.99 Å². The molecule has 0 aromatic heterocycles. The standard InChI is InChI=1S/C17H26N4O/c1-4-11-21(14(2)18)12-5-6-13-22-16-9-7-15(8-10-16)17(19)20-3/h4,7-11,18H,5-6,12-13H2,1-3H3,(H2,19,20)/b11-4-,18-14?. The molecule has 5 nitrogen and oxygen atoms in total. The molecule has 1 aromatic rings. The van der Waals surface area contributed by atoms with Crippen LogP contribution >= 0.6 is 0 Å². The number of nitrogens with zero attached hydrogens (tertiary/aromatic N) is 2. The lowest BCUT2D eigenvalue weighted by atomic mass is 10.2. The molecule has 0 saturated heterocycles. The van der Waals surface area contributed by atoms with Crippen molar-refractivity contribution in [3.63, 3.8) is 0 Å². The van der Waals surface area contributed by atoms with Crippen molar-refractivity contribution >= 4 is 11.7 Å². The molecule has 0 amide bonds. The van der Waals surface area contributed by atoms with Gasteiger partial charge in [0.05, 0.1) is 12.4 Å². The van der Waals surface area contributed by atoms with Gasteiger partial charge in [-0.3, -0.25) is 10.4 Å². The first-order chi connectivity index (χ1) is 10.6. The fourth-order valence-corrected chi connectivity index (χ4v) is 1.96. The SMILES string of the molecule is C/C=C\N(CCCCOc1ccc(C(N)=NC)cc1)C(C)=N. The summed E-state index contributed by atoms with van der Waals surface area (Å²) in [7, 11) is 1.67. The van der Waals surface area contributed by atoms with Crippen molar-refractivity contribution in [2.75, 3.05) is 20.2 Å². The van der Waals surface area contributed by atoms with Gasteiger partial charge >= 0.3 is 0 Å². The lowest BCUT2D eigenvalue weighted by Crippen LogP contribution is -2.23. The number of aliphatic imine (C=N–C) groups is 1. The monoisotopic (exact) mass is 302 g/mol. The zero-order valence-electron chi connectivity index (χ0n) is 13.7. The van der Waals surface area contributed by atoms with E-state index in [9.17, 15) is 0 Å². The molecule has 3 N–H and O–H groups in total. The van der Waals surface area contributed by atoms with Gasteiger partial charge < -0.3 is 15.4 Å². The Hall–Kier alpha value is -2.30. The number of benzene rings is 1. The third-order valence-corrected chi connectivity index (χ3v) is 3.21. The van der Waals surface area contributed by atoms with E-state index in [0.717, 1.165) is 30.7 Å². The normalized spacial score (nSPS) is 11.7. The van der Waals surface area contributed by atoms with Gasteiger partial charge in [-0.2, -0.15) is 0 Å². The van der Waals surface area contributed by atoms with Crippen molar-refractivity contribution in [2.24, 2.45) is 10.7 Å². The van der Waals surface area contributed by atoms with Crippen molar-refractivity contribution in [3.8, 4) is 5.75 Å². The second kappa shape index (κ2) is 9.60. The zero-order chi connectivity index (χ0) is 16.4. The molecule has 0 aliphatic carbocycles. The molecule has 1 rings (SSSR count). The minimum absolute atomic E-state index is 0.526. The van der Waals surface area contributed by atoms with E-state index in [-0.39, 0.29) is 0 Å². The lowest BCUT2D eigenvalue weighted by molar-refractivity contribution is 0.302. The average molecular weight is 302 g/mol. The summed E-state index contributed by atoms with van der Waals surface area (Å²) < 4.78 is 5.71. The second-order valence-electron chi connectivity index (χ2n) is 4.95. The molecule has 0 atom stereocenters. The van der Waals surface area contributed by atoms with Gasteiger partial charge in [-0.15, -0.1) is 0 Å².